The quantitative estimate of drug-likeness (QED) is 0.693. The molecule has 1 rings (SSSR count). The van der Waals surface area contributed by atoms with Crippen molar-refractivity contribution in [2.24, 2.45) is 11.8 Å². The van der Waals surface area contributed by atoms with E-state index in [0.29, 0.717) is 12.5 Å². The zero-order valence-corrected chi connectivity index (χ0v) is 11.1. The maximum atomic E-state index is 11.9. The molecule has 0 aliphatic carbocycles. The lowest BCUT2D eigenvalue weighted by Crippen LogP contribution is -2.31. The highest BCUT2D eigenvalue weighted by molar-refractivity contribution is 7.89. The second-order valence-corrected chi connectivity index (χ2v) is 6.16. The molecule has 0 aromatic carbocycles. The molecule has 0 amide bonds. The highest BCUT2D eigenvalue weighted by atomic mass is 32.2. The molecule has 0 spiro atoms. The largest absolute Gasteiger partial charge is 0.392 e. The van der Waals surface area contributed by atoms with Crippen LogP contribution in [0.15, 0.2) is 11.2 Å². The molecule has 17 heavy (non-hydrogen) atoms. The third kappa shape index (κ3) is 3.52. The summed E-state index contributed by atoms with van der Waals surface area (Å²) in [5.41, 5.74) is 0.273. The molecular weight excluding hydrogens is 242 g/mol. The second kappa shape index (κ2) is 5.61. The Bertz CT molecular complexity index is 453. The highest BCUT2D eigenvalue weighted by Gasteiger charge is 2.21. The first kappa shape index (κ1) is 14.1. The molecule has 1 aromatic rings. The summed E-state index contributed by atoms with van der Waals surface area (Å²) in [4.78, 5) is 0. The van der Waals surface area contributed by atoms with Gasteiger partial charge in [0.25, 0.3) is 10.0 Å². The Hall–Kier alpha value is -0.920. The molecule has 0 saturated carbocycles. The molecular formula is C10H19N3O3S. The Balaban J connectivity index is 2.76. The van der Waals surface area contributed by atoms with Gasteiger partial charge in [0, 0.05) is 12.1 Å². The zero-order chi connectivity index (χ0) is 13.1. The summed E-state index contributed by atoms with van der Waals surface area (Å²) in [5, 5.41) is 14.9. The number of aromatic amines is 1. The van der Waals surface area contributed by atoms with Crippen molar-refractivity contribution in [3.05, 3.63) is 11.8 Å². The van der Waals surface area contributed by atoms with Crippen LogP contribution in [0.2, 0.25) is 0 Å². The zero-order valence-electron chi connectivity index (χ0n) is 10.3. The van der Waals surface area contributed by atoms with Crippen molar-refractivity contribution in [2.75, 3.05) is 6.54 Å². The lowest BCUT2D eigenvalue weighted by atomic mass is 9.99. The van der Waals surface area contributed by atoms with E-state index in [1.54, 1.807) is 0 Å². The van der Waals surface area contributed by atoms with Gasteiger partial charge in [-0.2, -0.15) is 5.10 Å². The van der Waals surface area contributed by atoms with E-state index in [0.717, 1.165) is 0 Å². The molecule has 0 aliphatic rings. The highest BCUT2D eigenvalue weighted by Crippen LogP contribution is 2.13. The van der Waals surface area contributed by atoms with E-state index in [1.165, 1.54) is 6.20 Å². The van der Waals surface area contributed by atoms with Crippen molar-refractivity contribution >= 4 is 10.0 Å². The van der Waals surface area contributed by atoms with E-state index in [1.807, 2.05) is 20.8 Å². The van der Waals surface area contributed by atoms with Gasteiger partial charge in [0.1, 0.15) is 0 Å². The third-order valence-corrected chi connectivity index (χ3v) is 4.29. The number of hydrogen-bond acceptors (Lipinski definition) is 4. The first-order valence-corrected chi connectivity index (χ1v) is 6.99. The standard InChI is InChI=1S/C10H19N3O3S/c1-7(2)8(3)4-12-17(15,16)10-9(6-14)5-11-13-10/h5,7-8,12,14H,4,6H2,1-3H3,(H,11,13). The minimum atomic E-state index is -3.62. The normalized spacial score (nSPS) is 14.2. The first-order valence-electron chi connectivity index (χ1n) is 5.51. The van der Waals surface area contributed by atoms with Gasteiger partial charge in [-0.05, 0) is 11.8 Å². The molecule has 0 radical (unpaired) electrons. The van der Waals surface area contributed by atoms with E-state index >= 15 is 0 Å². The fourth-order valence-corrected chi connectivity index (χ4v) is 2.46. The summed E-state index contributed by atoms with van der Waals surface area (Å²) in [6, 6.07) is 0. The van der Waals surface area contributed by atoms with Crippen LogP contribution in [0.4, 0.5) is 0 Å². The summed E-state index contributed by atoms with van der Waals surface area (Å²) >= 11 is 0. The van der Waals surface area contributed by atoms with Crippen LogP contribution in [-0.4, -0.2) is 30.3 Å². The number of rotatable bonds is 6. The molecule has 0 bridgehead atoms. The molecule has 7 heteroatoms. The van der Waals surface area contributed by atoms with Crippen LogP contribution < -0.4 is 4.72 Å². The van der Waals surface area contributed by atoms with E-state index in [2.05, 4.69) is 14.9 Å². The van der Waals surface area contributed by atoms with E-state index < -0.39 is 10.0 Å². The maximum absolute atomic E-state index is 11.9. The monoisotopic (exact) mass is 261 g/mol. The summed E-state index contributed by atoms with van der Waals surface area (Å²) < 4.78 is 26.3. The molecule has 1 aromatic heterocycles. The molecule has 0 aliphatic heterocycles. The van der Waals surface area contributed by atoms with Gasteiger partial charge in [-0.3, -0.25) is 5.10 Å². The van der Waals surface area contributed by atoms with Gasteiger partial charge in [-0.1, -0.05) is 20.8 Å². The minimum absolute atomic E-state index is 0.0593. The number of H-pyrrole nitrogens is 1. The maximum Gasteiger partial charge on any atom is 0.257 e. The Morgan fingerprint density at radius 2 is 2.12 bits per heavy atom. The van der Waals surface area contributed by atoms with Gasteiger partial charge >= 0.3 is 0 Å². The lowest BCUT2D eigenvalue weighted by molar-refractivity contribution is 0.278. The Kier molecular flexibility index (Phi) is 4.67. The smallest absolute Gasteiger partial charge is 0.257 e. The van der Waals surface area contributed by atoms with Crippen LogP contribution in [0.5, 0.6) is 0 Å². The fraction of sp³-hybridized carbons (Fsp3) is 0.700. The summed E-state index contributed by atoms with van der Waals surface area (Å²) in [6.45, 7) is 6.06. The van der Waals surface area contributed by atoms with Gasteiger partial charge in [0.05, 0.1) is 12.8 Å². The summed E-state index contributed by atoms with van der Waals surface area (Å²) in [6.07, 6.45) is 1.31. The number of aliphatic hydroxyl groups is 1. The number of aromatic nitrogens is 2. The molecule has 0 fully saturated rings. The first-order chi connectivity index (χ1) is 7.88. The molecule has 3 N–H and O–H groups in total. The van der Waals surface area contributed by atoms with Crippen LogP contribution in [0.1, 0.15) is 26.3 Å². The Labute approximate surface area is 101 Å². The molecule has 1 unspecified atom stereocenters. The molecule has 1 atom stereocenters. The molecule has 0 saturated heterocycles. The predicted octanol–water partition coefficient (Wildman–Crippen LogP) is 0.472. The number of aliphatic hydroxyl groups excluding tert-OH is 1. The lowest BCUT2D eigenvalue weighted by Gasteiger charge is -2.15. The summed E-state index contributed by atoms with van der Waals surface area (Å²) in [5.74, 6) is 0.641. The van der Waals surface area contributed by atoms with Crippen molar-refractivity contribution in [1.82, 2.24) is 14.9 Å². The van der Waals surface area contributed by atoms with Crippen LogP contribution in [0, 0.1) is 11.8 Å². The van der Waals surface area contributed by atoms with Gasteiger partial charge < -0.3 is 5.11 Å². The van der Waals surface area contributed by atoms with Crippen LogP contribution in [0.25, 0.3) is 0 Å². The number of nitrogens with zero attached hydrogens (tertiary/aromatic N) is 1. The minimum Gasteiger partial charge on any atom is -0.392 e. The Morgan fingerprint density at radius 1 is 1.47 bits per heavy atom. The van der Waals surface area contributed by atoms with Gasteiger partial charge in [-0.15, -0.1) is 0 Å². The topological polar surface area (TPSA) is 95.1 Å². The van der Waals surface area contributed by atoms with Gasteiger partial charge in [-0.25, -0.2) is 13.1 Å². The molecule has 6 nitrogen and oxygen atoms in total. The third-order valence-electron chi connectivity index (χ3n) is 2.85. The average Bonchev–Trinajstić information content (AvgIpc) is 2.74. The fourth-order valence-electron chi connectivity index (χ4n) is 1.19. The van der Waals surface area contributed by atoms with Crippen molar-refractivity contribution in [3.8, 4) is 0 Å². The Morgan fingerprint density at radius 3 is 2.65 bits per heavy atom. The second-order valence-electron chi connectivity index (χ2n) is 4.46. The van der Waals surface area contributed by atoms with Crippen molar-refractivity contribution in [2.45, 2.75) is 32.4 Å². The van der Waals surface area contributed by atoms with Crippen molar-refractivity contribution in [1.29, 1.82) is 0 Å². The number of nitrogens with one attached hydrogen (secondary N) is 2. The van der Waals surface area contributed by atoms with Crippen LogP contribution in [-0.2, 0) is 16.6 Å². The van der Waals surface area contributed by atoms with Crippen LogP contribution >= 0.6 is 0 Å². The van der Waals surface area contributed by atoms with E-state index in [-0.39, 0.29) is 23.1 Å². The number of hydrogen-bond donors (Lipinski definition) is 3. The van der Waals surface area contributed by atoms with E-state index in [9.17, 15) is 8.42 Å². The number of sulfonamides is 1. The molecule has 98 valence electrons. The predicted molar refractivity (Wildman–Crippen MR) is 63.7 cm³/mol. The van der Waals surface area contributed by atoms with E-state index in [4.69, 9.17) is 5.11 Å². The summed E-state index contributed by atoms with van der Waals surface area (Å²) in [7, 11) is -3.62. The van der Waals surface area contributed by atoms with Crippen molar-refractivity contribution in [3.63, 3.8) is 0 Å². The van der Waals surface area contributed by atoms with Gasteiger partial charge in [0.15, 0.2) is 5.03 Å². The average molecular weight is 261 g/mol. The molecule has 1 heterocycles. The SMILES string of the molecule is CC(C)C(C)CNS(=O)(=O)c1[nH]ncc1CO. The van der Waals surface area contributed by atoms with Crippen LogP contribution in [0.3, 0.4) is 0 Å². The van der Waals surface area contributed by atoms with Crippen molar-refractivity contribution < 1.29 is 13.5 Å². The van der Waals surface area contributed by atoms with Gasteiger partial charge in [0.2, 0.25) is 0 Å².